The van der Waals surface area contributed by atoms with Crippen molar-refractivity contribution >= 4 is 36.8 Å². The van der Waals surface area contributed by atoms with Crippen LogP contribution in [0, 0.1) is 0 Å². The van der Waals surface area contributed by atoms with Gasteiger partial charge in [0.25, 0.3) is 0 Å². The van der Waals surface area contributed by atoms with Gasteiger partial charge < -0.3 is 4.74 Å². The van der Waals surface area contributed by atoms with Gasteiger partial charge in [-0.1, -0.05) is 36.6 Å². The Morgan fingerprint density at radius 1 is 1.28 bits per heavy atom. The van der Waals surface area contributed by atoms with Crippen molar-refractivity contribution in [3.8, 4) is 5.75 Å². The molecule has 1 aromatic carbocycles. The van der Waals surface area contributed by atoms with Crippen molar-refractivity contribution in [2.24, 2.45) is 0 Å². The zero-order valence-electron chi connectivity index (χ0n) is 10.1. The molecule has 1 aromatic heterocycles. The minimum atomic E-state index is -0.0743. The average molecular weight is 259 g/mol. The van der Waals surface area contributed by atoms with Gasteiger partial charge in [-0.05, 0) is 23.8 Å². The third kappa shape index (κ3) is 2.43. The van der Waals surface area contributed by atoms with Crippen molar-refractivity contribution < 1.29 is 4.74 Å². The minimum absolute atomic E-state index is 0.0743. The van der Waals surface area contributed by atoms with Crippen LogP contribution in [0.5, 0.6) is 5.75 Å². The molecule has 1 heterocycles. The van der Waals surface area contributed by atoms with Crippen molar-refractivity contribution in [3.05, 3.63) is 49.4 Å². The second-order valence-corrected chi connectivity index (χ2v) is 4.74. The fourth-order valence-corrected chi connectivity index (χ4v) is 2.18. The van der Waals surface area contributed by atoms with Crippen LogP contribution < -0.4 is 19.5 Å². The summed E-state index contributed by atoms with van der Waals surface area (Å²) < 4.78 is 7.27. The van der Waals surface area contributed by atoms with Gasteiger partial charge in [-0.15, -0.1) is 0 Å². The first-order valence-corrected chi connectivity index (χ1v) is 6.15. The van der Waals surface area contributed by atoms with Crippen LogP contribution in [-0.2, 0) is 0 Å². The van der Waals surface area contributed by atoms with Gasteiger partial charge in [-0.2, -0.15) is 0 Å². The second kappa shape index (κ2) is 5.06. The Morgan fingerprint density at radius 3 is 2.44 bits per heavy atom. The Kier molecular flexibility index (Phi) is 3.48. The van der Waals surface area contributed by atoms with Gasteiger partial charge in [0.05, 0.1) is 12.5 Å². The van der Waals surface area contributed by atoms with E-state index in [4.69, 9.17) is 4.74 Å². The number of methoxy groups -OCH3 is 1. The molecule has 0 fully saturated rings. The molecule has 2 aromatic rings. The lowest BCUT2D eigenvalue weighted by Gasteiger charge is -1.99. The van der Waals surface area contributed by atoms with E-state index in [0.29, 0.717) is 9.88 Å². The molecule has 18 heavy (non-hydrogen) atoms. The maximum Gasteiger partial charge on any atom is 0.312 e. The predicted molar refractivity (Wildman–Crippen MR) is 77.1 cm³/mol. The number of thiazole rings is 1. The summed E-state index contributed by atoms with van der Waals surface area (Å²) in [6.07, 6.45) is 3.55. The van der Waals surface area contributed by atoms with Gasteiger partial charge in [0.2, 0.25) is 0 Å². The molecule has 0 atom stereocenters. The SMILES string of the molecule is C=c1sc(=O)n(C=Cc2ccc(OC)cc2)c1=C. The minimum Gasteiger partial charge on any atom is -0.497 e. The van der Waals surface area contributed by atoms with Crippen LogP contribution >= 0.6 is 11.3 Å². The summed E-state index contributed by atoms with van der Waals surface area (Å²) >= 11 is 1.10. The molecule has 0 aliphatic rings. The zero-order chi connectivity index (χ0) is 13.1. The maximum absolute atomic E-state index is 11.6. The molecule has 0 spiro atoms. The lowest BCUT2D eigenvalue weighted by atomic mass is 10.2. The number of hydrogen-bond acceptors (Lipinski definition) is 3. The summed E-state index contributed by atoms with van der Waals surface area (Å²) in [6.45, 7) is 7.58. The first kappa shape index (κ1) is 12.4. The molecule has 0 aliphatic heterocycles. The molecule has 0 aliphatic carbocycles. The second-order valence-electron chi connectivity index (χ2n) is 3.70. The Bertz CT molecular complexity index is 723. The smallest absolute Gasteiger partial charge is 0.312 e. The van der Waals surface area contributed by atoms with Crippen LogP contribution in [0.15, 0.2) is 29.1 Å². The Hall–Kier alpha value is -2.07. The molecule has 0 saturated carbocycles. The molecular weight excluding hydrogens is 246 g/mol. The number of hydrogen-bond donors (Lipinski definition) is 0. The zero-order valence-corrected chi connectivity index (χ0v) is 10.9. The van der Waals surface area contributed by atoms with E-state index < -0.39 is 0 Å². The van der Waals surface area contributed by atoms with E-state index in [-0.39, 0.29) is 4.87 Å². The maximum atomic E-state index is 11.6. The van der Waals surface area contributed by atoms with Crippen molar-refractivity contribution in [2.75, 3.05) is 7.11 Å². The molecule has 0 amide bonds. The summed E-state index contributed by atoms with van der Waals surface area (Å²) in [4.78, 5) is 11.5. The van der Waals surface area contributed by atoms with Crippen molar-refractivity contribution in [2.45, 2.75) is 0 Å². The van der Waals surface area contributed by atoms with E-state index in [1.165, 1.54) is 4.57 Å². The highest BCUT2D eigenvalue weighted by Gasteiger charge is 1.97. The summed E-state index contributed by atoms with van der Waals surface area (Å²) in [5.41, 5.74) is 0.985. The Morgan fingerprint density at radius 2 is 1.94 bits per heavy atom. The lowest BCUT2D eigenvalue weighted by Crippen LogP contribution is -2.26. The predicted octanol–water partition coefficient (Wildman–Crippen LogP) is 1.37. The van der Waals surface area contributed by atoms with Crippen LogP contribution in [0.2, 0.25) is 0 Å². The Balaban J connectivity index is 2.33. The van der Waals surface area contributed by atoms with E-state index in [0.717, 1.165) is 22.6 Å². The highest BCUT2D eigenvalue weighted by atomic mass is 32.1. The molecule has 0 unspecified atom stereocenters. The molecule has 2 rings (SSSR count). The lowest BCUT2D eigenvalue weighted by molar-refractivity contribution is 0.415. The average Bonchev–Trinajstić information content (AvgIpc) is 2.62. The largest absolute Gasteiger partial charge is 0.497 e. The number of rotatable bonds is 3. The van der Waals surface area contributed by atoms with Crippen LogP contribution in [0.1, 0.15) is 5.56 Å². The summed E-state index contributed by atoms with van der Waals surface area (Å²) in [5.74, 6) is 0.803. The van der Waals surface area contributed by atoms with E-state index >= 15 is 0 Å². The fourth-order valence-electron chi connectivity index (χ4n) is 1.48. The van der Waals surface area contributed by atoms with Gasteiger partial charge in [0, 0.05) is 10.7 Å². The molecule has 0 radical (unpaired) electrons. The van der Waals surface area contributed by atoms with E-state index in [2.05, 4.69) is 13.2 Å². The van der Waals surface area contributed by atoms with Gasteiger partial charge in [0.15, 0.2) is 0 Å². The van der Waals surface area contributed by atoms with Crippen LogP contribution in [-0.4, -0.2) is 11.7 Å². The molecule has 0 N–H and O–H groups in total. The quantitative estimate of drug-likeness (QED) is 0.833. The standard InChI is InChI=1S/C14H13NO2S/c1-10-11(2)18-14(16)15(10)9-8-12-4-6-13(17-3)7-5-12/h4-9H,1-2H2,3H3. The molecule has 3 nitrogen and oxygen atoms in total. The number of benzene rings is 1. The molecular formula is C14H13NO2S. The van der Waals surface area contributed by atoms with Crippen LogP contribution in [0.4, 0.5) is 0 Å². The Labute approximate surface area is 109 Å². The summed E-state index contributed by atoms with van der Waals surface area (Å²) in [6, 6.07) is 7.57. The highest BCUT2D eigenvalue weighted by Crippen LogP contribution is 2.12. The number of nitrogens with zero attached hydrogens (tertiary/aromatic N) is 1. The summed E-state index contributed by atoms with van der Waals surface area (Å²) in [7, 11) is 1.63. The monoisotopic (exact) mass is 259 g/mol. The van der Waals surface area contributed by atoms with Crippen molar-refractivity contribution in [1.82, 2.24) is 4.57 Å². The number of ether oxygens (including phenoxy) is 1. The van der Waals surface area contributed by atoms with Crippen molar-refractivity contribution in [3.63, 3.8) is 0 Å². The van der Waals surface area contributed by atoms with Crippen LogP contribution in [0.25, 0.3) is 25.4 Å². The normalized spacial score (nSPS) is 10.9. The first-order valence-electron chi connectivity index (χ1n) is 5.33. The van der Waals surface area contributed by atoms with Gasteiger partial charge in [-0.3, -0.25) is 9.36 Å². The fraction of sp³-hybridized carbons (Fsp3) is 0.0714. The van der Waals surface area contributed by atoms with E-state index in [1.807, 2.05) is 30.3 Å². The number of aromatic nitrogens is 1. The summed E-state index contributed by atoms with van der Waals surface area (Å²) in [5, 5.41) is 0.634. The van der Waals surface area contributed by atoms with Gasteiger partial charge >= 0.3 is 4.87 Å². The first-order chi connectivity index (χ1) is 8.61. The third-order valence-corrected chi connectivity index (χ3v) is 3.41. The van der Waals surface area contributed by atoms with E-state index in [9.17, 15) is 4.79 Å². The molecule has 0 bridgehead atoms. The van der Waals surface area contributed by atoms with E-state index in [1.54, 1.807) is 13.3 Å². The van der Waals surface area contributed by atoms with Gasteiger partial charge in [0.1, 0.15) is 5.75 Å². The highest BCUT2D eigenvalue weighted by molar-refractivity contribution is 7.07. The van der Waals surface area contributed by atoms with Crippen molar-refractivity contribution in [1.29, 1.82) is 0 Å². The van der Waals surface area contributed by atoms with Crippen LogP contribution in [0.3, 0.4) is 0 Å². The topological polar surface area (TPSA) is 31.2 Å². The molecule has 4 heteroatoms. The third-order valence-electron chi connectivity index (χ3n) is 2.55. The van der Waals surface area contributed by atoms with Gasteiger partial charge in [-0.25, -0.2) is 0 Å². The molecule has 0 saturated heterocycles. The molecule has 92 valence electrons.